The van der Waals surface area contributed by atoms with Gasteiger partial charge in [-0.1, -0.05) is 0 Å². The SMILES string of the molecule is Cc1cc(S(=O)(=O)Nc2nc(C)c(C)s2)ccc1C#N. The molecule has 0 bridgehead atoms. The van der Waals surface area contributed by atoms with Crippen LogP contribution in [0.3, 0.4) is 0 Å². The molecule has 104 valence electrons. The highest BCUT2D eigenvalue weighted by Gasteiger charge is 2.17. The van der Waals surface area contributed by atoms with Crippen molar-refractivity contribution in [3.8, 4) is 6.07 Å². The van der Waals surface area contributed by atoms with Crippen molar-refractivity contribution in [3.05, 3.63) is 39.9 Å². The smallest absolute Gasteiger partial charge is 0.255 e. The van der Waals surface area contributed by atoms with Gasteiger partial charge in [0.05, 0.1) is 22.2 Å². The lowest BCUT2D eigenvalue weighted by Gasteiger charge is -2.06. The Hall–Kier alpha value is -1.91. The van der Waals surface area contributed by atoms with Crippen LogP contribution in [0.4, 0.5) is 5.13 Å². The maximum Gasteiger partial charge on any atom is 0.263 e. The largest absolute Gasteiger partial charge is 0.263 e. The van der Waals surface area contributed by atoms with E-state index in [1.807, 2.05) is 19.9 Å². The molecule has 20 heavy (non-hydrogen) atoms. The molecular weight excluding hydrogens is 294 g/mol. The van der Waals surface area contributed by atoms with Gasteiger partial charge < -0.3 is 0 Å². The summed E-state index contributed by atoms with van der Waals surface area (Å²) in [5, 5.41) is 9.21. The van der Waals surface area contributed by atoms with E-state index in [0.29, 0.717) is 16.3 Å². The molecule has 7 heteroatoms. The van der Waals surface area contributed by atoms with Crippen molar-refractivity contribution in [2.24, 2.45) is 0 Å². The molecule has 0 saturated carbocycles. The summed E-state index contributed by atoms with van der Waals surface area (Å²) in [4.78, 5) is 5.25. The summed E-state index contributed by atoms with van der Waals surface area (Å²) in [7, 11) is -3.68. The summed E-state index contributed by atoms with van der Waals surface area (Å²) in [5.41, 5.74) is 1.90. The van der Waals surface area contributed by atoms with Gasteiger partial charge in [-0.3, -0.25) is 4.72 Å². The van der Waals surface area contributed by atoms with Crippen molar-refractivity contribution >= 4 is 26.5 Å². The molecule has 2 aromatic rings. The van der Waals surface area contributed by atoms with Crippen molar-refractivity contribution in [1.29, 1.82) is 5.26 Å². The zero-order chi connectivity index (χ0) is 14.9. The molecule has 0 aliphatic heterocycles. The van der Waals surface area contributed by atoms with Gasteiger partial charge in [0.15, 0.2) is 5.13 Å². The molecule has 1 aromatic carbocycles. The quantitative estimate of drug-likeness (QED) is 0.945. The third-order valence-corrected chi connectivity index (χ3v) is 5.33. The summed E-state index contributed by atoms with van der Waals surface area (Å²) >= 11 is 1.29. The van der Waals surface area contributed by atoms with Gasteiger partial charge in [0.2, 0.25) is 0 Å². The van der Waals surface area contributed by atoms with E-state index < -0.39 is 10.0 Å². The highest BCUT2D eigenvalue weighted by molar-refractivity contribution is 7.93. The topological polar surface area (TPSA) is 82.8 Å². The number of aromatic nitrogens is 1. The fourth-order valence-electron chi connectivity index (χ4n) is 1.62. The fraction of sp³-hybridized carbons (Fsp3) is 0.231. The second kappa shape index (κ2) is 5.23. The van der Waals surface area contributed by atoms with E-state index in [1.54, 1.807) is 6.92 Å². The van der Waals surface area contributed by atoms with Crippen molar-refractivity contribution in [2.45, 2.75) is 25.7 Å². The molecule has 0 spiro atoms. The second-order valence-electron chi connectivity index (χ2n) is 4.35. The number of nitrogens with one attached hydrogen (secondary N) is 1. The molecule has 0 aliphatic carbocycles. The van der Waals surface area contributed by atoms with Gasteiger partial charge in [0, 0.05) is 4.88 Å². The molecule has 1 N–H and O–H groups in total. The maximum absolute atomic E-state index is 12.2. The Bertz CT molecular complexity index is 782. The van der Waals surface area contributed by atoms with Gasteiger partial charge in [-0.05, 0) is 44.5 Å². The number of nitrogens with zero attached hydrogens (tertiary/aromatic N) is 2. The molecule has 5 nitrogen and oxygen atoms in total. The lowest BCUT2D eigenvalue weighted by Crippen LogP contribution is -2.13. The van der Waals surface area contributed by atoms with Crippen LogP contribution < -0.4 is 4.72 Å². The number of sulfonamides is 1. The Kier molecular flexibility index (Phi) is 3.79. The number of anilines is 1. The monoisotopic (exact) mass is 307 g/mol. The molecular formula is C13H13N3O2S2. The molecule has 0 radical (unpaired) electrons. The van der Waals surface area contributed by atoms with Crippen molar-refractivity contribution < 1.29 is 8.42 Å². The Morgan fingerprint density at radius 1 is 1.30 bits per heavy atom. The first-order valence-electron chi connectivity index (χ1n) is 5.81. The number of hydrogen-bond acceptors (Lipinski definition) is 5. The van der Waals surface area contributed by atoms with Gasteiger partial charge in [-0.15, -0.1) is 11.3 Å². The van der Waals surface area contributed by atoms with E-state index in [-0.39, 0.29) is 4.90 Å². The molecule has 0 atom stereocenters. The van der Waals surface area contributed by atoms with Crippen LogP contribution in [-0.2, 0) is 10.0 Å². The van der Waals surface area contributed by atoms with Crippen molar-refractivity contribution in [3.63, 3.8) is 0 Å². The molecule has 0 unspecified atom stereocenters. The van der Waals surface area contributed by atoms with Gasteiger partial charge in [-0.2, -0.15) is 5.26 Å². The van der Waals surface area contributed by atoms with E-state index in [9.17, 15) is 8.42 Å². The zero-order valence-electron chi connectivity index (χ0n) is 11.3. The third-order valence-electron chi connectivity index (χ3n) is 2.88. The summed E-state index contributed by atoms with van der Waals surface area (Å²) < 4.78 is 27.0. The molecule has 0 aliphatic rings. The minimum absolute atomic E-state index is 0.125. The normalized spacial score (nSPS) is 11.1. The van der Waals surface area contributed by atoms with Crippen LogP contribution in [0.1, 0.15) is 21.7 Å². The van der Waals surface area contributed by atoms with Crippen LogP contribution in [0.2, 0.25) is 0 Å². The average molecular weight is 307 g/mol. The number of rotatable bonds is 3. The van der Waals surface area contributed by atoms with E-state index in [2.05, 4.69) is 9.71 Å². The lowest BCUT2D eigenvalue weighted by atomic mass is 10.1. The summed E-state index contributed by atoms with van der Waals surface area (Å²) in [6, 6.07) is 6.41. The highest BCUT2D eigenvalue weighted by atomic mass is 32.2. The summed E-state index contributed by atoms with van der Waals surface area (Å²) in [6.45, 7) is 5.42. The Morgan fingerprint density at radius 2 is 2.00 bits per heavy atom. The minimum atomic E-state index is -3.68. The van der Waals surface area contributed by atoms with Crippen LogP contribution >= 0.6 is 11.3 Å². The predicted octanol–water partition coefficient (Wildman–Crippen LogP) is 2.74. The van der Waals surface area contributed by atoms with Gasteiger partial charge in [0.1, 0.15) is 0 Å². The van der Waals surface area contributed by atoms with E-state index in [0.717, 1.165) is 10.6 Å². The maximum atomic E-state index is 12.2. The molecule has 0 fully saturated rings. The van der Waals surface area contributed by atoms with E-state index >= 15 is 0 Å². The average Bonchev–Trinajstić information content (AvgIpc) is 2.67. The standard InChI is InChI=1S/C13H13N3O2S2/c1-8-6-12(5-4-11(8)7-14)20(17,18)16-13-15-9(2)10(3)19-13/h4-6H,1-3H3,(H,15,16). The summed E-state index contributed by atoms with van der Waals surface area (Å²) in [6.07, 6.45) is 0. The van der Waals surface area contributed by atoms with Gasteiger partial charge >= 0.3 is 0 Å². The van der Waals surface area contributed by atoms with Crippen LogP contribution in [0, 0.1) is 32.1 Å². The van der Waals surface area contributed by atoms with Gasteiger partial charge in [0.25, 0.3) is 10.0 Å². The second-order valence-corrected chi connectivity index (χ2v) is 7.24. The predicted molar refractivity (Wildman–Crippen MR) is 78.3 cm³/mol. The van der Waals surface area contributed by atoms with Crippen LogP contribution in [0.5, 0.6) is 0 Å². The van der Waals surface area contributed by atoms with Crippen LogP contribution in [-0.4, -0.2) is 13.4 Å². The first kappa shape index (κ1) is 14.5. The number of nitriles is 1. The molecule has 0 amide bonds. The highest BCUT2D eigenvalue weighted by Crippen LogP contribution is 2.24. The van der Waals surface area contributed by atoms with Crippen molar-refractivity contribution in [1.82, 2.24) is 4.98 Å². The molecule has 2 rings (SSSR count). The van der Waals surface area contributed by atoms with E-state index in [1.165, 1.54) is 29.5 Å². The van der Waals surface area contributed by atoms with Crippen molar-refractivity contribution in [2.75, 3.05) is 4.72 Å². The first-order chi connectivity index (χ1) is 9.33. The number of thiazole rings is 1. The molecule has 1 aromatic heterocycles. The van der Waals surface area contributed by atoms with Crippen LogP contribution in [0.15, 0.2) is 23.1 Å². The number of aryl methyl sites for hydroxylation is 3. The molecule has 1 heterocycles. The first-order valence-corrected chi connectivity index (χ1v) is 8.11. The number of hydrogen-bond donors (Lipinski definition) is 1. The fourth-order valence-corrected chi connectivity index (χ4v) is 3.75. The zero-order valence-corrected chi connectivity index (χ0v) is 12.9. The van der Waals surface area contributed by atoms with Gasteiger partial charge in [-0.25, -0.2) is 13.4 Å². The van der Waals surface area contributed by atoms with E-state index in [4.69, 9.17) is 5.26 Å². The third kappa shape index (κ3) is 2.81. The lowest BCUT2D eigenvalue weighted by molar-refractivity contribution is 0.601. The minimum Gasteiger partial charge on any atom is -0.255 e. The Morgan fingerprint density at radius 3 is 2.50 bits per heavy atom. The van der Waals surface area contributed by atoms with Crippen LogP contribution in [0.25, 0.3) is 0 Å². The molecule has 0 saturated heterocycles. The number of benzene rings is 1. The summed E-state index contributed by atoms with van der Waals surface area (Å²) in [5.74, 6) is 0. The Balaban J connectivity index is 2.36. The Labute approximate surface area is 122 Å².